The van der Waals surface area contributed by atoms with E-state index >= 15 is 0 Å². The molecule has 0 saturated carbocycles. The fourth-order valence-corrected chi connectivity index (χ4v) is 3.93. The lowest BCUT2D eigenvalue weighted by atomic mass is 9.85. The number of hydrogen-bond donors (Lipinski definition) is 0. The van der Waals surface area contributed by atoms with E-state index in [0.717, 1.165) is 6.42 Å². The van der Waals surface area contributed by atoms with Crippen LogP contribution in [0.25, 0.3) is 0 Å². The molecule has 0 radical (unpaired) electrons. The number of aryl methyl sites for hydroxylation is 2. The van der Waals surface area contributed by atoms with Gasteiger partial charge in [-0.25, -0.2) is 0 Å². The highest BCUT2D eigenvalue weighted by atomic mass is 35.5. The molecule has 0 nitrogen and oxygen atoms in total. The molecule has 1 heteroatoms. The van der Waals surface area contributed by atoms with Gasteiger partial charge in [0, 0.05) is 5.92 Å². The maximum Gasteiger partial charge on any atom is 0.0653 e. The van der Waals surface area contributed by atoms with E-state index in [1.165, 1.54) is 47.9 Å². The van der Waals surface area contributed by atoms with Gasteiger partial charge in [-0.1, -0.05) is 55.5 Å². The Morgan fingerprint density at radius 1 is 0.905 bits per heavy atom. The molecule has 2 atom stereocenters. The predicted octanol–water partition coefficient (Wildman–Crippen LogP) is 6.04. The van der Waals surface area contributed by atoms with Gasteiger partial charge in [-0.15, -0.1) is 11.6 Å². The second kappa shape index (κ2) is 6.66. The summed E-state index contributed by atoms with van der Waals surface area (Å²) in [4.78, 5) is 0. The van der Waals surface area contributed by atoms with Gasteiger partial charge in [-0.05, 0) is 54.4 Å². The van der Waals surface area contributed by atoms with Gasteiger partial charge in [0.05, 0.1) is 5.38 Å². The van der Waals surface area contributed by atoms with Crippen molar-refractivity contribution in [3.05, 3.63) is 70.8 Å². The summed E-state index contributed by atoms with van der Waals surface area (Å²) < 4.78 is 0. The molecule has 3 rings (SSSR count). The van der Waals surface area contributed by atoms with Crippen LogP contribution in [0, 0.1) is 0 Å². The van der Waals surface area contributed by atoms with E-state index in [1.54, 1.807) is 0 Å². The number of benzene rings is 2. The first-order chi connectivity index (χ1) is 10.3. The Kier molecular flexibility index (Phi) is 4.65. The molecule has 2 aromatic rings. The van der Waals surface area contributed by atoms with Gasteiger partial charge in [0.25, 0.3) is 0 Å². The average molecular weight is 299 g/mol. The van der Waals surface area contributed by atoms with E-state index in [2.05, 4.69) is 55.5 Å². The molecule has 0 aromatic heterocycles. The van der Waals surface area contributed by atoms with Crippen molar-refractivity contribution in [3.8, 4) is 0 Å². The molecule has 1 aliphatic rings. The van der Waals surface area contributed by atoms with Crippen LogP contribution < -0.4 is 0 Å². The summed E-state index contributed by atoms with van der Waals surface area (Å²) >= 11 is 6.85. The van der Waals surface area contributed by atoms with Crippen LogP contribution in [-0.2, 0) is 12.8 Å². The first kappa shape index (κ1) is 14.7. The van der Waals surface area contributed by atoms with Crippen LogP contribution in [0.3, 0.4) is 0 Å². The van der Waals surface area contributed by atoms with E-state index < -0.39 is 0 Å². The van der Waals surface area contributed by atoms with E-state index in [1.807, 2.05) is 0 Å². The third kappa shape index (κ3) is 3.16. The Hall–Kier alpha value is -1.27. The number of fused-ring (bicyclic) bond motifs is 1. The smallest absolute Gasteiger partial charge is 0.0653 e. The summed E-state index contributed by atoms with van der Waals surface area (Å²) in [6, 6.07) is 17.6. The molecular weight excluding hydrogens is 276 g/mol. The SMILES string of the molecule is CCC(c1ccccc1)C(Cl)c1ccc2c(c1)CCCC2. The maximum atomic E-state index is 6.85. The summed E-state index contributed by atoms with van der Waals surface area (Å²) in [6.07, 6.45) is 6.17. The summed E-state index contributed by atoms with van der Waals surface area (Å²) in [5, 5.41) is 0.0598. The van der Waals surface area contributed by atoms with E-state index in [-0.39, 0.29) is 5.38 Å². The Bertz CT molecular complexity index is 588. The standard InChI is InChI=1S/C20H23Cl/c1-2-19(16-9-4-3-5-10-16)20(21)18-13-12-15-8-6-7-11-17(15)14-18/h3-5,9-10,12-14,19-20H,2,6-8,11H2,1H3. The number of halogens is 1. The molecule has 21 heavy (non-hydrogen) atoms. The second-order valence-electron chi connectivity index (χ2n) is 6.06. The fourth-order valence-electron chi connectivity index (χ4n) is 3.47. The Morgan fingerprint density at radius 2 is 1.62 bits per heavy atom. The lowest BCUT2D eigenvalue weighted by Gasteiger charge is -2.24. The monoisotopic (exact) mass is 298 g/mol. The highest BCUT2D eigenvalue weighted by Crippen LogP contribution is 2.39. The Labute approximate surface area is 133 Å². The van der Waals surface area contributed by atoms with Crippen LogP contribution in [0.4, 0.5) is 0 Å². The van der Waals surface area contributed by atoms with Crippen LogP contribution in [0.2, 0.25) is 0 Å². The van der Waals surface area contributed by atoms with Crippen LogP contribution in [0.1, 0.15) is 59.7 Å². The zero-order chi connectivity index (χ0) is 14.7. The average Bonchev–Trinajstić information content (AvgIpc) is 2.56. The van der Waals surface area contributed by atoms with Crippen LogP contribution in [0.5, 0.6) is 0 Å². The van der Waals surface area contributed by atoms with Crippen molar-refractivity contribution >= 4 is 11.6 Å². The third-order valence-electron chi connectivity index (χ3n) is 4.71. The van der Waals surface area contributed by atoms with Gasteiger partial charge in [-0.2, -0.15) is 0 Å². The summed E-state index contributed by atoms with van der Waals surface area (Å²) in [6.45, 7) is 2.23. The number of hydrogen-bond acceptors (Lipinski definition) is 0. The van der Waals surface area contributed by atoms with Crippen molar-refractivity contribution in [2.24, 2.45) is 0 Å². The minimum absolute atomic E-state index is 0.0598. The van der Waals surface area contributed by atoms with Gasteiger partial charge in [0.1, 0.15) is 0 Å². The van der Waals surface area contributed by atoms with Gasteiger partial charge in [-0.3, -0.25) is 0 Å². The quantitative estimate of drug-likeness (QED) is 0.604. The minimum Gasteiger partial charge on any atom is -0.117 e. The summed E-state index contributed by atoms with van der Waals surface area (Å²) in [5.41, 5.74) is 5.68. The molecule has 0 aliphatic heterocycles. The molecular formula is C20H23Cl. The van der Waals surface area contributed by atoms with E-state index in [9.17, 15) is 0 Å². The fraction of sp³-hybridized carbons (Fsp3) is 0.400. The molecule has 110 valence electrons. The molecule has 0 saturated heterocycles. The van der Waals surface area contributed by atoms with Crippen LogP contribution in [-0.4, -0.2) is 0 Å². The number of rotatable bonds is 4. The lowest BCUT2D eigenvalue weighted by molar-refractivity contribution is 0.636. The largest absolute Gasteiger partial charge is 0.117 e. The van der Waals surface area contributed by atoms with Crippen molar-refractivity contribution < 1.29 is 0 Å². The number of alkyl halides is 1. The first-order valence-corrected chi connectivity index (χ1v) is 8.54. The zero-order valence-corrected chi connectivity index (χ0v) is 13.4. The Morgan fingerprint density at radius 3 is 2.33 bits per heavy atom. The van der Waals surface area contributed by atoms with Crippen molar-refractivity contribution in [1.82, 2.24) is 0 Å². The molecule has 2 aromatic carbocycles. The minimum atomic E-state index is 0.0598. The molecule has 0 amide bonds. The van der Waals surface area contributed by atoms with Gasteiger partial charge in [0.15, 0.2) is 0 Å². The molecule has 0 bridgehead atoms. The predicted molar refractivity (Wildman–Crippen MR) is 91.2 cm³/mol. The van der Waals surface area contributed by atoms with Crippen molar-refractivity contribution in [1.29, 1.82) is 0 Å². The molecule has 0 N–H and O–H groups in total. The van der Waals surface area contributed by atoms with E-state index in [0.29, 0.717) is 5.92 Å². The topological polar surface area (TPSA) is 0 Å². The highest BCUT2D eigenvalue weighted by Gasteiger charge is 2.22. The van der Waals surface area contributed by atoms with Crippen LogP contribution in [0.15, 0.2) is 48.5 Å². The van der Waals surface area contributed by atoms with Gasteiger partial charge < -0.3 is 0 Å². The van der Waals surface area contributed by atoms with Gasteiger partial charge in [0.2, 0.25) is 0 Å². The van der Waals surface area contributed by atoms with Crippen molar-refractivity contribution in [2.45, 2.75) is 50.3 Å². The third-order valence-corrected chi connectivity index (χ3v) is 5.27. The van der Waals surface area contributed by atoms with Crippen LogP contribution >= 0.6 is 11.6 Å². The maximum absolute atomic E-state index is 6.85. The Balaban J connectivity index is 1.88. The van der Waals surface area contributed by atoms with Crippen molar-refractivity contribution in [2.75, 3.05) is 0 Å². The van der Waals surface area contributed by atoms with E-state index in [4.69, 9.17) is 11.6 Å². The summed E-state index contributed by atoms with van der Waals surface area (Å²) in [7, 11) is 0. The molecule has 0 fully saturated rings. The molecule has 0 spiro atoms. The van der Waals surface area contributed by atoms with Gasteiger partial charge >= 0.3 is 0 Å². The molecule has 2 unspecified atom stereocenters. The first-order valence-electron chi connectivity index (χ1n) is 8.10. The normalized spacial score (nSPS) is 17.0. The second-order valence-corrected chi connectivity index (χ2v) is 6.53. The zero-order valence-electron chi connectivity index (χ0n) is 12.7. The summed E-state index contributed by atoms with van der Waals surface area (Å²) in [5.74, 6) is 0.384. The highest BCUT2D eigenvalue weighted by molar-refractivity contribution is 6.21. The molecule has 1 aliphatic carbocycles. The lowest BCUT2D eigenvalue weighted by Crippen LogP contribution is -2.08. The molecule has 0 heterocycles. The van der Waals surface area contributed by atoms with Crippen molar-refractivity contribution in [3.63, 3.8) is 0 Å².